The molecule has 1 aliphatic rings. The summed E-state index contributed by atoms with van der Waals surface area (Å²) in [7, 11) is 0. The standard InChI is InChI=1S/C20H25N5/c1-20(2,3)19-22-21-17-11-12-18(23-25(17)19)24-13-7-10-16(24)14-15-8-5-4-6-9-15/h4-6,8-9,11-12,16H,7,10,13-14H2,1-3H3. The SMILES string of the molecule is CC(C)(C)c1nnc2ccc(N3CCCC3Cc3ccccc3)nn12. The Balaban J connectivity index is 1.66. The first kappa shape index (κ1) is 16.1. The number of aromatic nitrogens is 4. The van der Waals surface area contributed by atoms with Gasteiger partial charge in [-0.1, -0.05) is 51.1 Å². The zero-order chi connectivity index (χ0) is 17.4. The van der Waals surface area contributed by atoms with E-state index in [1.54, 1.807) is 0 Å². The Morgan fingerprint density at radius 3 is 2.60 bits per heavy atom. The monoisotopic (exact) mass is 335 g/mol. The van der Waals surface area contributed by atoms with E-state index in [4.69, 9.17) is 5.10 Å². The zero-order valence-electron chi connectivity index (χ0n) is 15.2. The maximum absolute atomic E-state index is 4.89. The Morgan fingerprint density at radius 2 is 1.84 bits per heavy atom. The van der Waals surface area contributed by atoms with Crippen molar-refractivity contribution in [1.82, 2.24) is 19.8 Å². The van der Waals surface area contributed by atoms with Crippen molar-refractivity contribution < 1.29 is 0 Å². The van der Waals surface area contributed by atoms with E-state index in [0.29, 0.717) is 6.04 Å². The van der Waals surface area contributed by atoms with Crippen LogP contribution < -0.4 is 4.90 Å². The van der Waals surface area contributed by atoms with Gasteiger partial charge in [-0.05, 0) is 37.0 Å². The Hall–Kier alpha value is -2.43. The molecule has 1 aromatic carbocycles. The first-order valence-electron chi connectivity index (χ1n) is 9.06. The molecule has 1 fully saturated rings. The van der Waals surface area contributed by atoms with E-state index in [-0.39, 0.29) is 5.41 Å². The Labute approximate surface area is 148 Å². The third kappa shape index (κ3) is 3.11. The molecule has 0 aliphatic carbocycles. The largest absolute Gasteiger partial charge is 0.352 e. The number of nitrogens with zero attached hydrogens (tertiary/aromatic N) is 5. The van der Waals surface area contributed by atoms with Gasteiger partial charge in [-0.25, -0.2) is 0 Å². The number of rotatable bonds is 3. The number of hydrogen-bond donors (Lipinski definition) is 0. The lowest BCUT2D eigenvalue weighted by atomic mass is 9.96. The minimum absolute atomic E-state index is 0.0838. The van der Waals surface area contributed by atoms with Gasteiger partial charge in [0.1, 0.15) is 5.82 Å². The molecule has 0 bridgehead atoms. The van der Waals surface area contributed by atoms with Gasteiger partial charge in [0.25, 0.3) is 0 Å². The summed E-state index contributed by atoms with van der Waals surface area (Å²) in [6, 6.07) is 15.3. The number of fused-ring (bicyclic) bond motifs is 1. The first-order chi connectivity index (χ1) is 12.0. The molecule has 1 atom stereocenters. The van der Waals surface area contributed by atoms with Crippen LogP contribution in [0, 0.1) is 0 Å². The van der Waals surface area contributed by atoms with Crippen molar-refractivity contribution in [2.45, 2.75) is 51.5 Å². The molecule has 0 N–H and O–H groups in total. The van der Waals surface area contributed by atoms with Crippen LogP contribution in [0.3, 0.4) is 0 Å². The molecule has 5 heteroatoms. The Bertz CT molecular complexity index is 863. The van der Waals surface area contributed by atoms with Crippen LogP contribution in [-0.2, 0) is 11.8 Å². The van der Waals surface area contributed by atoms with E-state index < -0.39 is 0 Å². The molecule has 5 nitrogen and oxygen atoms in total. The van der Waals surface area contributed by atoms with Crippen LogP contribution in [0.2, 0.25) is 0 Å². The van der Waals surface area contributed by atoms with E-state index in [1.165, 1.54) is 18.4 Å². The van der Waals surface area contributed by atoms with Crippen LogP contribution in [0.1, 0.15) is 45.0 Å². The van der Waals surface area contributed by atoms with E-state index in [2.05, 4.69) is 72.3 Å². The maximum Gasteiger partial charge on any atom is 0.178 e. The number of benzene rings is 1. The first-order valence-corrected chi connectivity index (χ1v) is 9.06. The highest BCUT2D eigenvalue weighted by Crippen LogP contribution is 2.27. The van der Waals surface area contributed by atoms with Crippen LogP contribution >= 0.6 is 0 Å². The fraction of sp³-hybridized carbons (Fsp3) is 0.450. The fourth-order valence-corrected chi connectivity index (χ4v) is 3.64. The molecule has 0 saturated carbocycles. The summed E-state index contributed by atoms with van der Waals surface area (Å²) < 4.78 is 1.91. The van der Waals surface area contributed by atoms with E-state index in [1.807, 2.05) is 10.6 Å². The summed E-state index contributed by atoms with van der Waals surface area (Å²) in [5.41, 5.74) is 2.12. The second-order valence-corrected chi connectivity index (χ2v) is 7.91. The van der Waals surface area contributed by atoms with Gasteiger partial charge in [0, 0.05) is 18.0 Å². The van der Waals surface area contributed by atoms with Crippen molar-refractivity contribution in [3.05, 3.63) is 53.9 Å². The maximum atomic E-state index is 4.89. The van der Waals surface area contributed by atoms with Crippen LogP contribution in [0.15, 0.2) is 42.5 Å². The molecule has 25 heavy (non-hydrogen) atoms. The van der Waals surface area contributed by atoms with E-state index in [0.717, 1.165) is 30.3 Å². The highest BCUT2D eigenvalue weighted by Gasteiger charge is 2.27. The molecule has 0 spiro atoms. The molecule has 0 amide bonds. The third-order valence-corrected chi connectivity index (χ3v) is 4.91. The van der Waals surface area contributed by atoms with Gasteiger partial charge in [0.05, 0.1) is 0 Å². The Morgan fingerprint density at radius 1 is 1.04 bits per heavy atom. The molecular formula is C20H25N5. The number of hydrogen-bond acceptors (Lipinski definition) is 4. The van der Waals surface area contributed by atoms with Crippen LogP contribution in [0.4, 0.5) is 5.82 Å². The molecule has 130 valence electrons. The smallest absolute Gasteiger partial charge is 0.178 e. The molecule has 0 radical (unpaired) electrons. The lowest BCUT2D eigenvalue weighted by Gasteiger charge is -2.26. The van der Waals surface area contributed by atoms with E-state index >= 15 is 0 Å². The third-order valence-electron chi connectivity index (χ3n) is 4.91. The molecule has 2 aromatic heterocycles. The van der Waals surface area contributed by atoms with Crippen molar-refractivity contribution >= 4 is 11.5 Å². The molecule has 1 unspecified atom stereocenters. The molecule has 4 rings (SSSR count). The predicted octanol–water partition coefficient (Wildman–Crippen LogP) is 3.63. The van der Waals surface area contributed by atoms with Crippen molar-refractivity contribution in [1.29, 1.82) is 0 Å². The minimum atomic E-state index is -0.0838. The zero-order valence-corrected chi connectivity index (χ0v) is 15.2. The van der Waals surface area contributed by atoms with Crippen molar-refractivity contribution in [2.75, 3.05) is 11.4 Å². The molecule has 1 saturated heterocycles. The molecular weight excluding hydrogens is 310 g/mol. The molecule has 3 heterocycles. The summed E-state index contributed by atoms with van der Waals surface area (Å²) in [5, 5.41) is 13.5. The second-order valence-electron chi connectivity index (χ2n) is 7.91. The number of anilines is 1. The summed E-state index contributed by atoms with van der Waals surface area (Å²) >= 11 is 0. The predicted molar refractivity (Wildman–Crippen MR) is 100.0 cm³/mol. The van der Waals surface area contributed by atoms with Gasteiger partial charge in [-0.3, -0.25) is 0 Å². The van der Waals surface area contributed by atoms with Gasteiger partial charge in [-0.15, -0.1) is 15.3 Å². The van der Waals surface area contributed by atoms with Crippen molar-refractivity contribution in [3.8, 4) is 0 Å². The summed E-state index contributed by atoms with van der Waals surface area (Å²) in [6.07, 6.45) is 3.49. The average Bonchev–Trinajstić information content (AvgIpc) is 3.21. The van der Waals surface area contributed by atoms with Gasteiger partial charge in [0.2, 0.25) is 0 Å². The quantitative estimate of drug-likeness (QED) is 0.733. The lowest BCUT2D eigenvalue weighted by molar-refractivity contribution is 0.525. The minimum Gasteiger partial charge on any atom is -0.352 e. The van der Waals surface area contributed by atoms with Gasteiger partial charge < -0.3 is 4.90 Å². The van der Waals surface area contributed by atoms with Crippen LogP contribution in [0.5, 0.6) is 0 Å². The molecule has 1 aliphatic heterocycles. The summed E-state index contributed by atoms with van der Waals surface area (Å²) in [5.74, 6) is 1.93. The van der Waals surface area contributed by atoms with Gasteiger partial charge in [0.15, 0.2) is 11.5 Å². The highest BCUT2D eigenvalue weighted by molar-refractivity contribution is 5.48. The lowest BCUT2D eigenvalue weighted by Crippen LogP contribution is -2.32. The summed E-state index contributed by atoms with van der Waals surface area (Å²) in [4.78, 5) is 2.44. The second kappa shape index (κ2) is 6.14. The topological polar surface area (TPSA) is 46.3 Å². The van der Waals surface area contributed by atoms with Crippen LogP contribution in [0.25, 0.3) is 5.65 Å². The normalized spacial score (nSPS) is 18.2. The van der Waals surface area contributed by atoms with Crippen molar-refractivity contribution in [2.24, 2.45) is 0 Å². The van der Waals surface area contributed by atoms with Crippen molar-refractivity contribution in [3.63, 3.8) is 0 Å². The Kier molecular flexibility index (Phi) is 3.94. The van der Waals surface area contributed by atoms with Gasteiger partial charge >= 0.3 is 0 Å². The fourth-order valence-electron chi connectivity index (χ4n) is 3.64. The summed E-state index contributed by atoms with van der Waals surface area (Å²) in [6.45, 7) is 7.49. The van der Waals surface area contributed by atoms with Crippen LogP contribution in [-0.4, -0.2) is 32.4 Å². The van der Waals surface area contributed by atoms with E-state index in [9.17, 15) is 0 Å². The average molecular weight is 335 g/mol. The highest BCUT2D eigenvalue weighted by atomic mass is 15.4. The molecule has 3 aromatic rings. The van der Waals surface area contributed by atoms with Gasteiger partial charge in [-0.2, -0.15) is 4.52 Å².